The first-order valence-electron chi connectivity index (χ1n) is 4.36. The summed E-state index contributed by atoms with van der Waals surface area (Å²) < 4.78 is 4.66. The molecule has 1 heterocycles. The van der Waals surface area contributed by atoms with Gasteiger partial charge in [-0.2, -0.15) is 0 Å². The van der Waals surface area contributed by atoms with Crippen molar-refractivity contribution in [2.24, 2.45) is 5.41 Å². The zero-order chi connectivity index (χ0) is 9.19. The van der Waals surface area contributed by atoms with Crippen LogP contribution in [0.25, 0.3) is 0 Å². The third-order valence-electron chi connectivity index (χ3n) is 2.42. The quantitative estimate of drug-likeness (QED) is 0.660. The van der Waals surface area contributed by atoms with Crippen LogP contribution in [0.1, 0.15) is 26.7 Å². The van der Waals surface area contributed by atoms with Crippen LogP contribution in [0.2, 0.25) is 0 Å². The van der Waals surface area contributed by atoms with E-state index in [0.29, 0.717) is 5.41 Å². The van der Waals surface area contributed by atoms with Crippen molar-refractivity contribution in [2.45, 2.75) is 32.7 Å². The molecule has 1 rings (SSSR count). The van der Waals surface area contributed by atoms with Crippen LogP contribution >= 0.6 is 12.4 Å². The molecule has 0 aromatic heterocycles. The van der Waals surface area contributed by atoms with E-state index in [1.54, 1.807) is 0 Å². The van der Waals surface area contributed by atoms with E-state index in [4.69, 9.17) is 0 Å². The van der Waals surface area contributed by atoms with Gasteiger partial charge in [0.05, 0.1) is 7.11 Å². The summed E-state index contributed by atoms with van der Waals surface area (Å²) in [4.78, 5) is 11.1. The minimum atomic E-state index is -0.134. The molecule has 4 heteroatoms. The number of rotatable bonds is 1. The smallest absolute Gasteiger partial charge is 0.322 e. The highest BCUT2D eigenvalue weighted by atomic mass is 35.5. The molecule has 0 radical (unpaired) electrons. The Morgan fingerprint density at radius 2 is 2.15 bits per heavy atom. The predicted molar refractivity (Wildman–Crippen MR) is 54.1 cm³/mol. The minimum absolute atomic E-state index is 0. The molecule has 78 valence electrons. The molecule has 0 aliphatic carbocycles. The Bertz CT molecular complexity index is 172. The molecule has 0 amide bonds. The molecule has 1 unspecified atom stereocenters. The second-order valence-corrected chi connectivity index (χ2v) is 4.16. The van der Waals surface area contributed by atoms with Crippen LogP contribution in [0.5, 0.6) is 0 Å². The first kappa shape index (κ1) is 12.7. The topological polar surface area (TPSA) is 38.3 Å². The highest BCUT2D eigenvalue weighted by molar-refractivity contribution is 5.85. The Labute approximate surface area is 85.6 Å². The molecule has 1 aliphatic rings. The van der Waals surface area contributed by atoms with Gasteiger partial charge in [0.25, 0.3) is 0 Å². The number of esters is 1. The van der Waals surface area contributed by atoms with Crippen molar-refractivity contribution in [1.29, 1.82) is 0 Å². The molecule has 1 N–H and O–H groups in total. The van der Waals surface area contributed by atoms with Crippen LogP contribution in [-0.2, 0) is 9.53 Å². The van der Waals surface area contributed by atoms with E-state index in [2.05, 4.69) is 23.9 Å². The maximum Gasteiger partial charge on any atom is 0.322 e. The van der Waals surface area contributed by atoms with E-state index >= 15 is 0 Å². The van der Waals surface area contributed by atoms with Gasteiger partial charge in [0, 0.05) is 6.54 Å². The third kappa shape index (κ3) is 3.53. The Balaban J connectivity index is 0.00000144. The molecule has 0 aromatic carbocycles. The van der Waals surface area contributed by atoms with Crippen molar-refractivity contribution in [2.75, 3.05) is 13.7 Å². The van der Waals surface area contributed by atoms with Gasteiger partial charge in [-0.25, -0.2) is 0 Å². The summed E-state index contributed by atoms with van der Waals surface area (Å²) in [6.45, 7) is 5.30. The van der Waals surface area contributed by atoms with Gasteiger partial charge in [0.1, 0.15) is 6.04 Å². The molecule has 13 heavy (non-hydrogen) atoms. The molecule has 1 atom stereocenters. The summed E-state index contributed by atoms with van der Waals surface area (Å²) in [5.41, 5.74) is 0.324. The molecule has 0 saturated carbocycles. The Kier molecular flexibility index (Phi) is 4.71. The summed E-state index contributed by atoms with van der Waals surface area (Å²) >= 11 is 0. The second kappa shape index (κ2) is 4.82. The normalized spacial score (nSPS) is 25.9. The number of ether oxygens (including phenoxy) is 1. The van der Waals surface area contributed by atoms with E-state index in [9.17, 15) is 4.79 Å². The molecule has 0 aromatic rings. The monoisotopic (exact) mass is 207 g/mol. The van der Waals surface area contributed by atoms with E-state index in [1.807, 2.05) is 0 Å². The third-order valence-corrected chi connectivity index (χ3v) is 2.42. The Morgan fingerprint density at radius 1 is 1.54 bits per heavy atom. The fourth-order valence-corrected chi connectivity index (χ4v) is 1.47. The van der Waals surface area contributed by atoms with Gasteiger partial charge < -0.3 is 10.1 Å². The summed E-state index contributed by atoms with van der Waals surface area (Å²) in [6, 6.07) is -0.0805. The number of carbonyl (C=O) groups is 1. The van der Waals surface area contributed by atoms with Gasteiger partial charge in [0.15, 0.2) is 0 Å². The van der Waals surface area contributed by atoms with Crippen molar-refractivity contribution < 1.29 is 9.53 Å². The maximum absolute atomic E-state index is 11.1. The number of hydrogen-bond acceptors (Lipinski definition) is 3. The zero-order valence-corrected chi connectivity index (χ0v) is 9.24. The fourth-order valence-electron chi connectivity index (χ4n) is 1.47. The van der Waals surface area contributed by atoms with Gasteiger partial charge >= 0.3 is 5.97 Å². The summed E-state index contributed by atoms with van der Waals surface area (Å²) in [7, 11) is 1.43. The van der Waals surface area contributed by atoms with E-state index in [0.717, 1.165) is 19.4 Å². The van der Waals surface area contributed by atoms with Crippen LogP contribution in [0.3, 0.4) is 0 Å². The molecule has 0 spiro atoms. The fraction of sp³-hybridized carbons (Fsp3) is 0.889. The average Bonchev–Trinajstić information content (AvgIpc) is 2.03. The lowest BCUT2D eigenvalue weighted by molar-refractivity contribution is -0.144. The van der Waals surface area contributed by atoms with Gasteiger partial charge in [-0.3, -0.25) is 4.79 Å². The molecular formula is C9H18ClNO2. The second-order valence-electron chi connectivity index (χ2n) is 4.16. The van der Waals surface area contributed by atoms with Gasteiger partial charge in [-0.05, 0) is 18.3 Å². The average molecular weight is 208 g/mol. The van der Waals surface area contributed by atoms with Crippen LogP contribution in [0.4, 0.5) is 0 Å². The number of carbonyl (C=O) groups excluding carboxylic acids is 1. The molecular weight excluding hydrogens is 190 g/mol. The molecule has 1 fully saturated rings. The lowest BCUT2D eigenvalue weighted by Crippen LogP contribution is -2.47. The molecule has 0 bridgehead atoms. The standard InChI is InChI=1S/C9H17NO2.ClH/c1-9(2)5-4-7(10-6-9)8(11)12-3;/h7,10H,4-6H2,1-3H3;1H. The Morgan fingerprint density at radius 3 is 2.54 bits per heavy atom. The number of piperidine rings is 1. The van der Waals surface area contributed by atoms with Crippen molar-refractivity contribution in [3.05, 3.63) is 0 Å². The van der Waals surface area contributed by atoms with E-state index in [1.165, 1.54) is 7.11 Å². The first-order chi connectivity index (χ1) is 5.55. The van der Waals surface area contributed by atoms with Crippen molar-refractivity contribution in [1.82, 2.24) is 5.32 Å². The van der Waals surface area contributed by atoms with E-state index < -0.39 is 0 Å². The highest BCUT2D eigenvalue weighted by Gasteiger charge is 2.30. The molecule has 3 nitrogen and oxygen atoms in total. The molecule has 1 aliphatic heterocycles. The van der Waals surface area contributed by atoms with Gasteiger partial charge in [-0.1, -0.05) is 13.8 Å². The van der Waals surface area contributed by atoms with Crippen molar-refractivity contribution >= 4 is 18.4 Å². The largest absolute Gasteiger partial charge is 0.468 e. The SMILES string of the molecule is COC(=O)C1CCC(C)(C)CN1.Cl. The minimum Gasteiger partial charge on any atom is -0.468 e. The van der Waals surface area contributed by atoms with E-state index in [-0.39, 0.29) is 24.4 Å². The lowest BCUT2D eigenvalue weighted by atomic mass is 9.83. The number of methoxy groups -OCH3 is 1. The number of halogens is 1. The van der Waals surface area contributed by atoms with Crippen LogP contribution in [0.15, 0.2) is 0 Å². The zero-order valence-electron chi connectivity index (χ0n) is 8.42. The maximum atomic E-state index is 11.1. The van der Waals surface area contributed by atoms with Crippen molar-refractivity contribution in [3.63, 3.8) is 0 Å². The Hall–Kier alpha value is -0.280. The number of nitrogens with one attached hydrogen (secondary N) is 1. The predicted octanol–water partition coefficient (Wildman–Crippen LogP) is 1.36. The summed E-state index contributed by atoms with van der Waals surface area (Å²) in [5, 5.41) is 3.19. The highest BCUT2D eigenvalue weighted by Crippen LogP contribution is 2.26. The van der Waals surface area contributed by atoms with Gasteiger partial charge in [0.2, 0.25) is 0 Å². The van der Waals surface area contributed by atoms with Crippen LogP contribution in [0, 0.1) is 5.41 Å². The van der Waals surface area contributed by atoms with Crippen molar-refractivity contribution in [3.8, 4) is 0 Å². The summed E-state index contributed by atoms with van der Waals surface area (Å²) in [5.74, 6) is -0.134. The summed E-state index contributed by atoms with van der Waals surface area (Å²) in [6.07, 6.45) is 1.97. The first-order valence-corrected chi connectivity index (χ1v) is 4.36. The van der Waals surface area contributed by atoms with Gasteiger partial charge in [-0.15, -0.1) is 12.4 Å². The number of hydrogen-bond donors (Lipinski definition) is 1. The van der Waals surface area contributed by atoms with Crippen LogP contribution < -0.4 is 5.32 Å². The lowest BCUT2D eigenvalue weighted by Gasteiger charge is -2.33. The van der Waals surface area contributed by atoms with Crippen LogP contribution in [-0.4, -0.2) is 25.7 Å². The molecule has 1 saturated heterocycles.